The van der Waals surface area contributed by atoms with Crippen LogP contribution in [0.1, 0.15) is 17.9 Å². The summed E-state index contributed by atoms with van der Waals surface area (Å²) in [5.74, 6) is 0.610. The Morgan fingerprint density at radius 2 is 2.00 bits per heavy atom. The van der Waals surface area contributed by atoms with Gasteiger partial charge < -0.3 is 10.1 Å². The first-order valence-corrected chi connectivity index (χ1v) is 5.63. The molecule has 1 aromatic carbocycles. The number of imidazole rings is 1. The van der Waals surface area contributed by atoms with Gasteiger partial charge in [0.25, 0.3) is 0 Å². The number of hydrogen-bond donors (Lipinski definition) is 2. The smallest absolute Gasteiger partial charge is 0.123 e. The average molecular weight is 234 g/mol. The second-order valence-electron chi connectivity index (χ2n) is 3.99. The number of nitrogens with zero attached hydrogens (tertiary/aromatic N) is 1. The number of aliphatic hydroxyl groups is 1. The summed E-state index contributed by atoms with van der Waals surface area (Å²) in [4.78, 5) is 7.63. The highest BCUT2D eigenvalue weighted by atomic mass is 19.1. The van der Waals surface area contributed by atoms with Gasteiger partial charge in [0.2, 0.25) is 0 Å². The molecule has 2 rings (SSSR count). The van der Waals surface area contributed by atoms with E-state index in [1.807, 2.05) is 6.92 Å². The van der Waals surface area contributed by atoms with Gasteiger partial charge in [0, 0.05) is 24.3 Å². The van der Waals surface area contributed by atoms with Crippen LogP contribution in [0.15, 0.2) is 24.3 Å². The molecule has 1 aromatic heterocycles. The average Bonchev–Trinajstić information content (AvgIpc) is 2.69. The quantitative estimate of drug-likeness (QED) is 0.853. The summed E-state index contributed by atoms with van der Waals surface area (Å²) < 4.78 is 12.8. The molecule has 1 heterocycles. The van der Waals surface area contributed by atoms with Gasteiger partial charge in [-0.05, 0) is 37.6 Å². The molecule has 0 atom stereocenters. The van der Waals surface area contributed by atoms with E-state index in [2.05, 4.69) is 9.97 Å². The van der Waals surface area contributed by atoms with Crippen LogP contribution in [0, 0.1) is 12.7 Å². The van der Waals surface area contributed by atoms with Crippen molar-refractivity contribution in [1.29, 1.82) is 0 Å². The van der Waals surface area contributed by atoms with E-state index >= 15 is 0 Å². The Morgan fingerprint density at radius 3 is 2.65 bits per heavy atom. The summed E-state index contributed by atoms with van der Waals surface area (Å²) in [5.41, 5.74) is 2.71. The van der Waals surface area contributed by atoms with Gasteiger partial charge in [-0.15, -0.1) is 0 Å². The highest BCUT2D eigenvalue weighted by Crippen LogP contribution is 2.21. The summed E-state index contributed by atoms with van der Waals surface area (Å²) in [6.07, 6.45) is 1.41. The monoisotopic (exact) mass is 234 g/mol. The predicted octanol–water partition coefficient (Wildman–Crippen LogP) is 2.45. The largest absolute Gasteiger partial charge is 0.396 e. The van der Waals surface area contributed by atoms with E-state index in [9.17, 15) is 4.39 Å². The first-order valence-electron chi connectivity index (χ1n) is 5.63. The van der Waals surface area contributed by atoms with Crippen LogP contribution in [0.2, 0.25) is 0 Å². The third-order valence-corrected chi connectivity index (χ3v) is 2.62. The summed E-state index contributed by atoms with van der Waals surface area (Å²) >= 11 is 0. The number of H-pyrrole nitrogens is 1. The maximum atomic E-state index is 12.8. The van der Waals surface area contributed by atoms with Crippen molar-refractivity contribution in [2.75, 3.05) is 6.61 Å². The topological polar surface area (TPSA) is 48.9 Å². The fraction of sp³-hybridized carbons (Fsp3) is 0.308. The molecule has 3 nitrogen and oxygen atoms in total. The summed E-state index contributed by atoms with van der Waals surface area (Å²) in [6, 6.07) is 6.29. The molecule has 2 N–H and O–H groups in total. The van der Waals surface area contributed by atoms with Crippen LogP contribution in [0.25, 0.3) is 11.3 Å². The van der Waals surface area contributed by atoms with Crippen molar-refractivity contribution >= 4 is 0 Å². The number of aromatic nitrogens is 2. The fourth-order valence-corrected chi connectivity index (χ4v) is 1.78. The van der Waals surface area contributed by atoms with Crippen LogP contribution in [0.4, 0.5) is 4.39 Å². The molecule has 0 saturated carbocycles. The zero-order valence-corrected chi connectivity index (χ0v) is 9.70. The maximum Gasteiger partial charge on any atom is 0.123 e. The minimum absolute atomic E-state index is 0.158. The van der Waals surface area contributed by atoms with Crippen LogP contribution in [-0.4, -0.2) is 21.7 Å². The predicted molar refractivity (Wildman–Crippen MR) is 64.1 cm³/mol. The molecule has 0 aliphatic heterocycles. The van der Waals surface area contributed by atoms with Crippen LogP contribution in [0.5, 0.6) is 0 Å². The van der Waals surface area contributed by atoms with Gasteiger partial charge in [0.15, 0.2) is 0 Å². The Kier molecular flexibility index (Phi) is 3.54. The lowest BCUT2D eigenvalue weighted by molar-refractivity contribution is 0.287. The van der Waals surface area contributed by atoms with Gasteiger partial charge in [-0.3, -0.25) is 0 Å². The second-order valence-corrected chi connectivity index (χ2v) is 3.99. The Labute approximate surface area is 99.3 Å². The number of hydrogen-bond acceptors (Lipinski definition) is 2. The van der Waals surface area contributed by atoms with Crippen molar-refractivity contribution in [3.05, 3.63) is 41.6 Å². The van der Waals surface area contributed by atoms with Gasteiger partial charge in [-0.1, -0.05) is 0 Å². The molecule has 0 saturated heterocycles. The zero-order chi connectivity index (χ0) is 12.3. The summed E-state index contributed by atoms with van der Waals surface area (Å²) in [6.45, 7) is 2.10. The molecule has 2 aromatic rings. The summed E-state index contributed by atoms with van der Waals surface area (Å²) in [5, 5.41) is 8.77. The number of aromatic amines is 1. The summed E-state index contributed by atoms with van der Waals surface area (Å²) in [7, 11) is 0. The Balaban J connectivity index is 2.26. The highest BCUT2D eigenvalue weighted by molar-refractivity contribution is 5.61. The van der Waals surface area contributed by atoms with Gasteiger partial charge in [-0.25, -0.2) is 9.37 Å². The van der Waals surface area contributed by atoms with Gasteiger partial charge in [-0.2, -0.15) is 0 Å². The molecule has 0 unspecified atom stereocenters. The molecule has 0 radical (unpaired) electrons. The number of nitrogens with one attached hydrogen (secondary N) is 1. The van der Waals surface area contributed by atoms with Gasteiger partial charge in [0.05, 0.1) is 5.69 Å². The van der Waals surface area contributed by atoms with Gasteiger partial charge >= 0.3 is 0 Å². The second kappa shape index (κ2) is 5.10. The van der Waals surface area contributed by atoms with E-state index in [4.69, 9.17) is 5.11 Å². The van der Waals surface area contributed by atoms with E-state index in [1.165, 1.54) is 12.1 Å². The minimum Gasteiger partial charge on any atom is -0.396 e. The lowest BCUT2D eigenvalue weighted by Crippen LogP contribution is -1.91. The molecule has 4 heteroatoms. The molecule has 0 bridgehead atoms. The van der Waals surface area contributed by atoms with Crippen molar-refractivity contribution in [3.63, 3.8) is 0 Å². The Bertz CT molecular complexity index is 491. The van der Waals surface area contributed by atoms with Crippen LogP contribution in [0.3, 0.4) is 0 Å². The molecule has 0 amide bonds. The molecule has 90 valence electrons. The van der Waals surface area contributed by atoms with Crippen molar-refractivity contribution in [2.45, 2.75) is 19.8 Å². The lowest BCUT2D eigenvalue weighted by Gasteiger charge is -1.97. The first kappa shape index (κ1) is 11.8. The van der Waals surface area contributed by atoms with E-state index in [-0.39, 0.29) is 12.4 Å². The van der Waals surface area contributed by atoms with E-state index in [1.54, 1.807) is 12.1 Å². The van der Waals surface area contributed by atoms with Gasteiger partial charge in [0.1, 0.15) is 11.6 Å². The first-order chi connectivity index (χ1) is 8.20. The number of benzene rings is 1. The number of halogens is 1. The van der Waals surface area contributed by atoms with Crippen LogP contribution >= 0.6 is 0 Å². The highest BCUT2D eigenvalue weighted by Gasteiger charge is 2.08. The van der Waals surface area contributed by atoms with E-state index < -0.39 is 0 Å². The Hall–Kier alpha value is -1.68. The Morgan fingerprint density at radius 1 is 1.29 bits per heavy atom. The molecular weight excluding hydrogens is 219 g/mol. The number of aryl methyl sites for hydroxylation is 2. The van der Waals surface area contributed by atoms with Crippen molar-refractivity contribution in [3.8, 4) is 11.3 Å². The fourth-order valence-electron chi connectivity index (χ4n) is 1.78. The third-order valence-electron chi connectivity index (χ3n) is 2.62. The van der Waals surface area contributed by atoms with Crippen LogP contribution in [-0.2, 0) is 6.42 Å². The normalized spacial score (nSPS) is 10.8. The number of aliphatic hydroxyl groups excluding tert-OH is 1. The standard InChI is InChI=1S/C13H15FN2O/c1-9-13(10-4-6-11(14)7-5-10)16-12(15-9)3-2-8-17/h4-7,17H,2-3,8H2,1H3,(H,15,16). The molecule has 0 spiro atoms. The SMILES string of the molecule is Cc1[nH]c(CCCO)nc1-c1ccc(F)cc1. The molecule has 17 heavy (non-hydrogen) atoms. The molecule has 0 aliphatic carbocycles. The number of rotatable bonds is 4. The lowest BCUT2D eigenvalue weighted by atomic mass is 10.1. The third kappa shape index (κ3) is 2.71. The molecule has 0 fully saturated rings. The van der Waals surface area contributed by atoms with Crippen molar-refractivity contribution in [2.24, 2.45) is 0 Å². The van der Waals surface area contributed by atoms with E-state index in [0.29, 0.717) is 6.42 Å². The minimum atomic E-state index is -0.248. The van der Waals surface area contributed by atoms with Crippen molar-refractivity contribution < 1.29 is 9.50 Å². The van der Waals surface area contributed by atoms with E-state index in [0.717, 1.165) is 29.2 Å². The van der Waals surface area contributed by atoms with Crippen molar-refractivity contribution in [1.82, 2.24) is 9.97 Å². The molecular formula is C13H15FN2O. The maximum absolute atomic E-state index is 12.8. The van der Waals surface area contributed by atoms with Crippen LogP contribution < -0.4 is 0 Å². The zero-order valence-electron chi connectivity index (χ0n) is 9.70. The molecule has 0 aliphatic rings.